The molecule has 39 heavy (non-hydrogen) atoms. The van der Waals surface area contributed by atoms with Crippen molar-refractivity contribution in [1.29, 1.82) is 0 Å². The molecule has 204 valence electrons. The zero-order valence-corrected chi connectivity index (χ0v) is 22.0. The average Bonchev–Trinajstić information content (AvgIpc) is 3.43. The molecule has 4 aromatic rings. The fourth-order valence-corrected chi connectivity index (χ4v) is 5.23. The van der Waals surface area contributed by atoms with Crippen LogP contribution < -0.4 is 20.4 Å². The molecule has 0 amide bonds. The number of ether oxygens (including phenoxy) is 2. The van der Waals surface area contributed by atoms with Gasteiger partial charge < -0.3 is 19.2 Å². The van der Waals surface area contributed by atoms with Crippen LogP contribution in [0, 0.1) is 0 Å². The normalized spacial score (nSPS) is 15.6. The van der Waals surface area contributed by atoms with Gasteiger partial charge >= 0.3 is 11.8 Å². The third kappa shape index (κ3) is 6.07. The first-order valence-corrected chi connectivity index (χ1v) is 13.1. The Morgan fingerprint density at radius 2 is 1.82 bits per heavy atom. The largest absolute Gasteiger partial charge is 0.497 e. The summed E-state index contributed by atoms with van der Waals surface area (Å²) in [5.41, 5.74) is 0.474. The fraction of sp³-hybridized carbons (Fsp3) is 0.300. The van der Waals surface area contributed by atoms with E-state index >= 15 is 0 Å². The standard InChI is InChI=1S/C30H27ClF3NO4/c1-37-22-9-11-23-25(15-18-4-7-21(8-5-18)38-14-12-20-3-2-13-35-20)28(29(36)39-27(23)17-22)24-10-6-19(16-26(24)31)30(32,33)34/h4-11,16-17,20,35H,2-3,12-15H2,1H3. The van der Waals surface area contributed by atoms with Crippen molar-refractivity contribution in [3.63, 3.8) is 0 Å². The Labute approximate surface area is 228 Å². The molecule has 0 aliphatic carbocycles. The van der Waals surface area contributed by atoms with Gasteiger partial charge in [0.25, 0.3) is 0 Å². The van der Waals surface area contributed by atoms with E-state index in [4.69, 9.17) is 25.5 Å². The number of methoxy groups -OCH3 is 1. The Kier molecular flexibility index (Phi) is 7.86. The van der Waals surface area contributed by atoms with E-state index in [0.717, 1.165) is 36.4 Å². The minimum Gasteiger partial charge on any atom is -0.497 e. The predicted molar refractivity (Wildman–Crippen MR) is 145 cm³/mol. The molecule has 1 aromatic heterocycles. The van der Waals surface area contributed by atoms with Gasteiger partial charge in [0.1, 0.15) is 17.1 Å². The molecule has 1 saturated heterocycles. The average molecular weight is 558 g/mol. The number of hydrogen-bond donors (Lipinski definition) is 1. The summed E-state index contributed by atoms with van der Waals surface area (Å²) >= 11 is 6.31. The second-order valence-electron chi connectivity index (χ2n) is 9.55. The number of hydrogen-bond acceptors (Lipinski definition) is 5. The van der Waals surface area contributed by atoms with E-state index in [2.05, 4.69) is 5.32 Å². The van der Waals surface area contributed by atoms with Crippen molar-refractivity contribution in [2.75, 3.05) is 20.3 Å². The lowest BCUT2D eigenvalue weighted by atomic mass is 9.93. The maximum absolute atomic E-state index is 13.3. The molecule has 1 atom stereocenters. The fourth-order valence-electron chi connectivity index (χ4n) is 4.95. The second-order valence-corrected chi connectivity index (χ2v) is 9.96. The van der Waals surface area contributed by atoms with Gasteiger partial charge in [-0.25, -0.2) is 4.79 Å². The topological polar surface area (TPSA) is 60.7 Å². The smallest absolute Gasteiger partial charge is 0.416 e. The van der Waals surface area contributed by atoms with E-state index in [9.17, 15) is 18.0 Å². The summed E-state index contributed by atoms with van der Waals surface area (Å²) in [7, 11) is 1.50. The summed E-state index contributed by atoms with van der Waals surface area (Å²) < 4.78 is 56.5. The lowest BCUT2D eigenvalue weighted by Crippen LogP contribution is -2.23. The Morgan fingerprint density at radius 1 is 1.05 bits per heavy atom. The van der Waals surface area contributed by atoms with E-state index in [1.165, 1.54) is 26.0 Å². The quantitative estimate of drug-likeness (QED) is 0.231. The van der Waals surface area contributed by atoms with Crippen molar-refractivity contribution in [2.45, 2.75) is 37.9 Å². The molecule has 0 bridgehead atoms. The lowest BCUT2D eigenvalue weighted by molar-refractivity contribution is -0.137. The first-order chi connectivity index (χ1) is 18.7. The first-order valence-electron chi connectivity index (χ1n) is 12.7. The minimum absolute atomic E-state index is 0.121. The van der Waals surface area contributed by atoms with Gasteiger partial charge in [-0.3, -0.25) is 0 Å². The predicted octanol–water partition coefficient (Wildman–Crippen LogP) is 7.25. The molecule has 9 heteroatoms. The van der Waals surface area contributed by atoms with Crippen LogP contribution in [0.4, 0.5) is 13.2 Å². The van der Waals surface area contributed by atoms with Crippen LogP contribution in [-0.4, -0.2) is 26.3 Å². The van der Waals surface area contributed by atoms with Crippen molar-refractivity contribution >= 4 is 22.6 Å². The van der Waals surface area contributed by atoms with Crippen LogP contribution in [0.5, 0.6) is 11.5 Å². The van der Waals surface area contributed by atoms with Crippen molar-refractivity contribution in [2.24, 2.45) is 0 Å². The zero-order chi connectivity index (χ0) is 27.6. The summed E-state index contributed by atoms with van der Waals surface area (Å²) in [4.78, 5) is 13.2. The molecule has 1 aliphatic rings. The highest BCUT2D eigenvalue weighted by atomic mass is 35.5. The Bertz CT molecular complexity index is 1530. The SMILES string of the molecule is COc1ccc2c(Cc3ccc(OCCC4CCCN4)cc3)c(-c3ccc(C(F)(F)F)cc3Cl)c(=O)oc2c1. The Hall–Kier alpha value is -3.49. The summed E-state index contributed by atoms with van der Waals surface area (Å²) in [5, 5.41) is 3.89. The van der Waals surface area contributed by atoms with Crippen molar-refractivity contribution in [3.05, 3.63) is 92.8 Å². The van der Waals surface area contributed by atoms with Crippen LogP contribution in [0.1, 0.15) is 36.0 Å². The van der Waals surface area contributed by atoms with Gasteiger partial charge in [-0.2, -0.15) is 13.2 Å². The summed E-state index contributed by atoms with van der Waals surface area (Å²) in [6.07, 6.45) is -0.953. The highest BCUT2D eigenvalue weighted by Crippen LogP contribution is 2.38. The van der Waals surface area contributed by atoms with E-state index in [1.54, 1.807) is 18.2 Å². The van der Waals surface area contributed by atoms with Crippen LogP contribution in [0.25, 0.3) is 22.1 Å². The minimum atomic E-state index is -4.56. The molecule has 2 heterocycles. The molecule has 1 fully saturated rings. The maximum Gasteiger partial charge on any atom is 0.416 e. The van der Waals surface area contributed by atoms with Crippen LogP contribution in [-0.2, 0) is 12.6 Å². The highest BCUT2D eigenvalue weighted by Gasteiger charge is 2.31. The van der Waals surface area contributed by atoms with E-state index in [-0.39, 0.29) is 16.1 Å². The number of alkyl halides is 3. The molecule has 5 rings (SSSR count). The van der Waals surface area contributed by atoms with E-state index < -0.39 is 17.4 Å². The van der Waals surface area contributed by atoms with Crippen molar-refractivity contribution in [1.82, 2.24) is 5.32 Å². The number of halogens is 4. The molecule has 1 N–H and O–H groups in total. The highest BCUT2D eigenvalue weighted by molar-refractivity contribution is 6.33. The summed E-state index contributed by atoms with van der Waals surface area (Å²) in [6.45, 7) is 1.66. The zero-order valence-electron chi connectivity index (χ0n) is 21.2. The molecular formula is C30H27ClF3NO4. The van der Waals surface area contributed by atoms with Crippen LogP contribution in [0.2, 0.25) is 5.02 Å². The molecular weight excluding hydrogens is 531 g/mol. The van der Waals surface area contributed by atoms with Crippen LogP contribution >= 0.6 is 11.6 Å². The molecule has 0 radical (unpaired) electrons. The molecule has 1 aliphatic heterocycles. The monoisotopic (exact) mass is 557 g/mol. The van der Waals surface area contributed by atoms with Crippen LogP contribution in [0.3, 0.4) is 0 Å². The second kappa shape index (κ2) is 11.3. The van der Waals surface area contributed by atoms with Gasteiger partial charge in [-0.15, -0.1) is 0 Å². The van der Waals surface area contributed by atoms with Gasteiger partial charge in [-0.05, 0) is 79.8 Å². The molecule has 5 nitrogen and oxygen atoms in total. The first kappa shape index (κ1) is 27.1. The third-order valence-electron chi connectivity index (χ3n) is 6.99. The molecule has 0 saturated carbocycles. The summed E-state index contributed by atoms with van der Waals surface area (Å²) in [6, 6.07) is 16.1. The molecule has 1 unspecified atom stereocenters. The van der Waals surface area contributed by atoms with Gasteiger partial charge in [0.05, 0.1) is 24.8 Å². The number of benzene rings is 3. The van der Waals surface area contributed by atoms with Gasteiger partial charge in [-0.1, -0.05) is 29.8 Å². The Balaban J connectivity index is 1.50. The third-order valence-corrected chi connectivity index (χ3v) is 7.30. The molecule has 3 aromatic carbocycles. The van der Waals surface area contributed by atoms with Crippen LogP contribution in [0.15, 0.2) is 69.9 Å². The lowest BCUT2D eigenvalue weighted by Gasteiger charge is -2.15. The maximum atomic E-state index is 13.3. The van der Waals surface area contributed by atoms with E-state index in [0.29, 0.717) is 41.4 Å². The van der Waals surface area contributed by atoms with Gasteiger partial charge in [0, 0.05) is 28.1 Å². The van der Waals surface area contributed by atoms with Crippen molar-refractivity contribution < 1.29 is 27.1 Å². The number of rotatable bonds is 8. The number of fused-ring (bicyclic) bond motifs is 1. The van der Waals surface area contributed by atoms with Gasteiger partial charge in [0.2, 0.25) is 0 Å². The Morgan fingerprint density at radius 3 is 2.49 bits per heavy atom. The van der Waals surface area contributed by atoms with E-state index in [1.807, 2.05) is 24.3 Å². The van der Waals surface area contributed by atoms with Gasteiger partial charge in [0.15, 0.2) is 0 Å². The molecule has 0 spiro atoms. The van der Waals surface area contributed by atoms with Crippen molar-refractivity contribution in [3.8, 4) is 22.6 Å². The number of nitrogens with one attached hydrogen (secondary N) is 1. The summed E-state index contributed by atoms with van der Waals surface area (Å²) in [5.74, 6) is 1.25.